The molecule has 0 aliphatic carbocycles. The Morgan fingerprint density at radius 2 is 2.12 bits per heavy atom. The summed E-state index contributed by atoms with van der Waals surface area (Å²) in [6.45, 7) is 2.66. The summed E-state index contributed by atoms with van der Waals surface area (Å²) in [6.07, 6.45) is 0. The van der Waals surface area contributed by atoms with E-state index in [0.29, 0.717) is 0 Å². The Balaban J connectivity index is 3.20. The average Bonchev–Trinajstić information content (AvgIpc) is 2.22. The van der Waals surface area contributed by atoms with Crippen molar-refractivity contribution in [2.75, 3.05) is 12.3 Å². The second-order valence-electron chi connectivity index (χ2n) is 3.84. The maximum absolute atomic E-state index is 13.1. The number of halogens is 1. The molecule has 0 radical (unpaired) electrons. The quantitative estimate of drug-likeness (QED) is 0.684. The molecule has 5 nitrogen and oxygen atoms in total. The fraction of sp³-hybridized carbons (Fsp3) is 0.400. The van der Waals surface area contributed by atoms with Crippen LogP contribution in [0.25, 0.3) is 0 Å². The van der Waals surface area contributed by atoms with Gasteiger partial charge in [0, 0.05) is 6.04 Å². The van der Waals surface area contributed by atoms with Gasteiger partial charge < -0.3 is 10.8 Å². The first kappa shape index (κ1) is 13.9. The van der Waals surface area contributed by atoms with E-state index in [1.54, 1.807) is 0 Å². The number of nitrogen functional groups attached to an aromatic ring is 1. The molecule has 4 N–H and O–H groups in total. The van der Waals surface area contributed by atoms with Crippen LogP contribution in [0.3, 0.4) is 0 Å². The van der Waals surface area contributed by atoms with E-state index in [-0.39, 0.29) is 22.8 Å². The summed E-state index contributed by atoms with van der Waals surface area (Å²) < 4.78 is 39.1. The number of nitrogens with one attached hydrogen (secondary N) is 1. The fourth-order valence-electron chi connectivity index (χ4n) is 1.32. The van der Waals surface area contributed by atoms with Crippen molar-refractivity contribution in [3.63, 3.8) is 0 Å². The van der Waals surface area contributed by atoms with E-state index in [9.17, 15) is 12.8 Å². The SMILES string of the molecule is Cc1cc(F)c(N)cc1S(=O)(=O)N[C@@H](C)CO. The lowest BCUT2D eigenvalue weighted by Crippen LogP contribution is -2.35. The summed E-state index contributed by atoms with van der Waals surface area (Å²) >= 11 is 0. The first-order valence-electron chi connectivity index (χ1n) is 4.96. The highest BCUT2D eigenvalue weighted by Crippen LogP contribution is 2.21. The lowest BCUT2D eigenvalue weighted by atomic mass is 10.2. The molecule has 0 aromatic heterocycles. The number of hydrogen-bond donors (Lipinski definition) is 3. The van der Waals surface area contributed by atoms with Gasteiger partial charge in [-0.2, -0.15) is 0 Å². The van der Waals surface area contributed by atoms with Crippen LogP contribution in [0.2, 0.25) is 0 Å². The van der Waals surface area contributed by atoms with Crippen molar-refractivity contribution < 1.29 is 17.9 Å². The first-order chi connectivity index (χ1) is 7.77. The number of benzene rings is 1. The molecule has 1 rings (SSSR count). The first-order valence-corrected chi connectivity index (χ1v) is 6.45. The maximum atomic E-state index is 13.1. The van der Waals surface area contributed by atoms with E-state index in [1.807, 2.05) is 0 Å². The highest BCUT2D eigenvalue weighted by atomic mass is 32.2. The normalized spacial score (nSPS) is 13.6. The highest BCUT2D eigenvalue weighted by molar-refractivity contribution is 7.89. The van der Waals surface area contributed by atoms with Gasteiger partial charge in [-0.25, -0.2) is 17.5 Å². The predicted octanol–water partition coefficient (Wildman–Crippen LogP) is 0.375. The Hall–Kier alpha value is -1.18. The molecule has 0 aliphatic rings. The maximum Gasteiger partial charge on any atom is 0.241 e. The van der Waals surface area contributed by atoms with Crippen molar-refractivity contribution in [3.8, 4) is 0 Å². The van der Waals surface area contributed by atoms with E-state index < -0.39 is 21.9 Å². The van der Waals surface area contributed by atoms with Gasteiger partial charge in [0.15, 0.2) is 0 Å². The molecule has 1 aromatic carbocycles. The van der Waals surface area contributed by atoms with Crippen molar-refractivity contribution in [3.05, 3.63) is 23.5 Å². The van der Waals surface area contributed by atoms with Crippen LogP contribution < -0.4 is 10.5 Å². The second kappa shape index (κ2) is 4.99. The zero-order valence-electron chi connectivity index (χ0n) is 9.57. The van der Waals surface area contributed by atoms with Crippen molar-refractivity contribution in [1.29, 1.82) is 0 Å². The minimum absolute atomic E-state index is 0.0864. The molecule has 7 heteroatoms. The van der Waals surface area contributed by atoms with Gasteiger partial charge in [-0.15, -0.1) is 0 Å². The largest absolute Gasteiger partial charge is 0.396 e. The minimum atomic E-state index is -3.80. The molecule has 1 atom stereocenters. The smallest absolute Gasteiger partial charge is 0.241 e. The Morgan fingerprint density at radius 3 is 2.65 bits per heavy atom. The molecule has 1 aromatic rings. The third-order valence-electron chi connectivity index (χ3n) is 2.21. The molecule has 17 heavy (non-hydrogen) atoms. The van der Waals surface area contributed by atoms with E-state index in [4.69, 9.17) is 10.8 Å². The summed E-state index contributed by atoms with van der Waals surface area (Å²) in [6, 6.07) is 1.51. The number of rotatable bonds is 4. The van der Waals surface area contributed by atoms with Crippen molar-refractivity contribution in [1.82, 2.24) is 4.72 Å². The molecule has 0 aliphatic heterocycles. The summed E-state index contributed by atoms with van der Waals surface area (Å²) in [5.74, 6) is -0.656. The minimum Gasteiger partial charge on any atom is -0.396 e. The lowest BCUT2D eigenvalue weighted by Gasteiger charge is -2.14. The molecular weight excluding hydrogens is 247 g/mol. The number of aryl methyl sites for hydroxylation is 1. The molecule has 0 saturated heterocycles. The standard InChI is InChI=1S/C10H15FN2O3S/c1-6-3-8(11)9(12)4-10(6)17(15,16)13-7(2)5-14/h3-4,7,13-14H,5,12H2,1-2H3/t7-/m0/s1. The molecule has 0 spiro atoms. The zero-order chi connectivity index (χ0) is 13.2. The number of hydrogen-bond acceptors (Lipinski definition) is 4. The van der Waals surface area contributed by atoms with Crippen LogP contribution in [0.5, 0.6) is 0 Å². The van der Waals surface area contributed by atoms with Gasteiger partial charge in [0.05, 0.1) is 17.2 Å². The monoisotopic (exact) mass is 262 g/mol. The van der Waals surface area contributed by atoms with Crippen LogP contribution in [-0.4, -0.2) is 26.2 Å². The van der Waals surface area contributed by atoms with Crippen LogP contribution in [0, 0.1) is 12.7 Å². The van der Waals surface area contributed by atoms with Gasteiger partial charge >= 0.3 is 0 Å². The van der Waals surface area contributed by atoms with Crippen LogP contribution >= 0.6 is 0 Å². The predicted molar refractivity (Wildman–Crippen MR) is 62.4 cm³/mol. The molecule has 0 heterocycles. The molecule has 96 valence electrons. The average molecular weight is 262 g/mol. The molecule has 0 fully saturated rings. The number of nitrogens with two attached hydrogens (primary N) is 1. The van der Waals surface area contributed by atoms with Crippen molar-refractivity contribution >= 4 is 15.7 Å². The van der Waals surface area contributed by atoms with E-state index >= 15 is 0 Å². The Bertz CT molecular complexity index is 517. The third kappa shape index (κ3) is 3.15. The van der Waals surface area contributed by atoms with Gasteiger partial charge in [0.1, 0.15) is 5.82 Å². The van der Waals surface area contributed by atoms with Crippen molar-refractivity contribution in [2.24, 2.45) is 0 Å². The Kier molecular flexibility index (Phi) is 4.07. The fourth-order valence-corrected chi connectivity index (χ4v) is 2.82. The van der Waals surface area contributed by atoms with Gasteiger partial charge in [0.25, 0.3) is 0 Å². The summed E-state index contributed by atoms with van der Waals surface area (Å²) in [7, 11) is -3.80. The third-order valence-corrected chi connectivity index (χ3v) is 3.95. The number of anilines is 1. The topological polar surface area (TPSA) is 92.4 Å². The Labute approximate surface area is 99.5 Å². The second-order valence-corrected chi connectivity index (χ2v) is 5.53. The van der Waals surface area contributed by atoms with Gasteiger partial charge in [0.2, 0.25) is 10.0 Å². The zero-order valence-corrected chi connectivity index (χ0v) is 10.4. The van der Waals surface area contributed by atoms with E-state index in [2.05, 4.69) is 4.72 Å². The molecule has 0 saturated carbocycles. The number of sulfonamides is 1. The van der Waals surface area contributed by atoms with Crippen molar-refractivity contribution in [2.45, 2.75) is 24.8 Å². The number of aliphatic hydroxyl groups is 1. The molecular formula is C10H15FN2O3S. The summed E-state index contributed by atoms with van der Waals surface area (Å²) in [5, 5.41) is 8.80. The van der Waals surface area contributed by atoms with E-state index in [0.717, 1.165) is 12.1 Å². The Morgan fingerprint density at radius 1 is 1.53 bits per heavy atom. The molecule has 0 bridgehead atoms. The number of aliphatic hydroxyl groups excluding tert-OH is 1. The van der Waals surface area contributed by atoms with Gasteiger partial charge in [-0.1, -0.05) is 0 Å². The summed E-state index contributed by atoms with van der Waals surface area (Å²) in [4.78, 5) is -0.0864. The lowest BCUT2D eigenvalue weighted by molar-refractivity contribution is 0.265. The van der Waals surface area contributed by atoms with Crippen LogP contribution in [0.15, 0.2) is 17.0 Å². The molecule has 0 unspecified atom stereocenters. The molecule has 0 amide bonds. The summed E-state index contributed by atoms with van der Waals surface area (Å²) in [5.41, 5.74) is 5.36. The van der Waals surface area contributed by atoms with Gasteiger partial charge in [-0.05, 0) is 31.5 Å². The van der Waals surface area contributed by atoms with Crippen LogP contribution in [0.1, 0.15) is 12.5 Å². The van der Waals surface area contributed by atoms with Crippen LogP contribution in [-0.2, 0) is 10.0 Å². The van der Waals surface area contributed by atoms with E-state index in [1.165, 1.54) is 13.8 Å². The van der Waals surface area contributed by atoms with Crippen LogP contribution in [0.4, 0.5) is 10.1 Å². The van der Waals surface area contributed by atoms with Gasteiger partial charge in [-0.3, -0.25) is 0 Å². The highest BCUT2D eigenvalue weighted by Gasteiger charge is 2.20.